The number of hydrogen-bond donors (Lipinski definition) is 2. The largest absolute Gasteiger partial charge is 0.338 e. The Kier molecular flexibility index (Phi) is 2.98. The number of nitrogens with one attached hydrogen (secondary N) is 1. The second-order valence-corrected chi connectivity index (χ2v) is 5.28. The summed E-state index contributed by atoms with van der Waals surface area (Å²) in [6.45, 7) is 5.99. The van der Waals surface area contributed by atoms with Gasteiger partial charge in [0.1, 0.15) is 0 Å². The number of H-pyrrole nitrogens is 1. The van der Waals surface area contributed by atoms with Gasteiger partial charge in [-0.2, -0.15) is 4.98 Å². The summed E-state index contributed by atoms with van der Waals surface area (Å²) >= 11 is 0. The van der Waals surface area contributed by atoms with Crippen LogP contribution >= 0.6 is 0 Å². The summed E-state index contributed by atoms with van der Waals surface area (Å²) in [7, 11) is 0. The van der Waals surface area contributed by atoms with Gasteiger partial charge in [0, 0.05) is 24.7 Å². The highest BCUT2D eigenvalue weighted by Crippen LogP contribution is 2.22. The molecular weight excluding hydrogens is 238 g/mol. The molecule has 0 radical (unpaired) electrons. The van der Waals surface area contributed by atoms with Crippen LogP contribution in [-0.2, 0) is 0 Å². The quantitative estimate of drug-likeness (QED) is 0.857. The van der Waals surface area contributed by atoms with Crippen LogP contribution in [0.25, 0.3) is 11.4 Å². The molecular formula is C14H19N5. The standard InChI is InChI=1S/C14H19N5/c1-9-3-4-11(7-10(9)2)13-16-14(18-17-13)19-6-5-12(15)8-19/h3-4,7,12H,5-6,8,15H2,1-2H3,(H,16,17,18). The summed E-state index contributed by atoms with van der Waals surface area (Å²) in [5.41, 5.74) is 9.53. The number of rotatable bonds is 2. The Morgan fingerprint density at radius 1 is 1.32 bits per heavy atom. The second kappa shape index (κ2) is 4.66. The van der Waals surface area contributed by atoms with Crippen molar-refractivity contribution in [2.24, 2.45) is 5.73 Å². The van der Waals surface area contributed by atoms with Gasteiger partial charge in [0.15, 0.2) is 5.82 Å². The predicted octanol–water partition coefficient (Wildman–Crippen LogP) is 1.63. The van der Waals surface area contributed by atoms with Gasteiger partial charge < -0.3 is 10.6 Å². The van der Waals surface area contributed by atoms with Gasteiger partial charge >= 0.3 is 0 Å². The minimum absolute atomic E-state index is 0.239. The highest BCUT2D eigenvalue weighted by atomic mass is 15.4. The number of hydrogen-bond acceptors (Lipinski definition) is 4. The summed E-state index contributed by atoms with van der Waals surface area (Å²) in [5, 5.41) is 7.31. The topological polar surface area (TPSA) is 70.8 Å². The van der Waals surface area contributed by atoms with Gasteiger partial charge in [0.05, 0.1) is 0 Å². The van der Waals surface area contributed by atoms with E-state index >= 15 is 0 Å². The summed E-state index contributed by atoms with van der Waals surface area (Å²) in [4.78, 5) is 6.70. The molecule has 19 heavy (non-hydrogen) atoms. The highest BCUT2D eigenvalue weighted by Gasteiger charge is 2.22. The van der Waals surface area contributed by atoms with E-state index in [0.717, 1.165) is 36.8 Å². The molecule has 5 nitrogen and oxygen atoms in total. The van der Waals surface area contributed by atoms with Crippen LogP contribution in [0.4, 0.5) is 5.95 Å². The summed E-state index contributed by atoms with van der Waals surface area (Å²) in [6.07, 6.45) is 1.01. The van der Waals surface area contributed by atoms with E-state index in [1.165, 1.54) is 11.1 Å². The molecule has 0 saturated carbocycles. The number of nitrogens with two attached hydrogens (primary N) is 1. The van der Waals surface area contributed by atoms with Gasteiger partial charge in [0.25, 0.3) is 0 Å². The average molecular weight is 257 g/mol. The maximum Gasteiger partial charge on any atom is 0.245 e. The molecule has 1 aromatic carbocycles. The first-order valence-corrected chi connectivity index (χ1v) is 6.64. The molecule has 0 bridgehead atoms. The second-order valence-electron chi connectivity index (χ2n) is 5.28. The summed E-state index contributed by atoms with van der Waals surface area (Å²) < 4.78 is 0. The fraction of sp³-hybridized carbons (Fsp3) is 0.429. The maximum atomic E-state index is 5.91. The van der Waals surface area contributed by atoms with Gasteiger partial charge in [-0.25, -0.2) is 0 Å². The first-order valence-electron chi connectivity index (χ1n) is 6.64. The molecule has 0 aliphatic carbocycles. The van der Waals surface area contributed by atoms with Crippen molar-refractivity contribution in [2.45, 2.75) is 26.3 Å². The summed E-state index contributed by atoms with van der Waals surface area (Å²) in [6, 6.07) is 6.56. The van der Waals surface area contributed by atoms with Crippen LogP contribution < -0.4 is 10.6 Å². The minimum Gasteiger partial charge on any atom is -0.338 e. The average Bonchev–Trinajstić information content (AvgIpc) is 3.01. The number of nitrogens with zero attached hydrogens (tertiary/aromatic N) is 3. The van der Waals surface area contributed by atoms with Crippen LogP contribution in [-0.4, -0.2) is 34.3 Å². The maximum absolute atomic E-state index is 5.91. The molecule has 2 heterocycles. The minimum atomic E-state index is 0.239. The lowest BCUT2D eigenvalue weighted by Crippen LogP contribution is -2.26. The molecule has 1 aliphatic heterocycles. The van der Waals surface area contributed by atoms with Crippen molar-refractivity contribution in [2.75, 3.05) is 18.0 Å². The van der Waals surface area contributed by atoms with Gasteiger partial charge in [-0.05, 0) is 37.5 Å². The Morgan fingerprint density at radius 2 is 2.16 bits per heavy atom. The zero-order valence-electron chi connectivity index (χ0n) is 11.3. The van der Waals surface area contributed by atoms with Gasteiger partial charge in [0.2, 0.25) is 5.95 Å². The zero-order chi connectivity index (χ0) is 13.4. The van der Waals surface area contributed by atoms with Crippen molar-refractivity contribution in [1.29, 1.82) is 0 Å². The van der Waals surface area contributed by atoms with Crippen LogP contribution in [0.2, 0.25) is 0 Å². The smallest absolute Gasteiger partial charge is 0.245 e. The number of aromatic amines is 1. The van der Waals surface area contributed by atoms with E-state index in [-0.39, 0.29) is 6.04 Å². The summed E-state index contributed by atoms with van der Waals surface area (Å²) in [5.74, 6) is 1.57. The van der Waals surface area contributed by atoms with Crippen molar-refractivity contribution in [3.05, 3.63) is 29.3 Å². The molecule has 1 unspecified atom stereocenters. The molecule has 1 atom stereocenters. The van der Waals surface area contributed by atoms with E-state index in [2.05, 4.69) is 52.1 Å². The predicted molar refractivity (Wildman–Crippen MR) is 76.1 cm³/mol. The lowest BCUT2D eigenvalue weighted by molar-refractivity contribution is 0.750. The third-order valence-electron chi connectivity index (χ3n) is 3.76. The molecule has 1 saturated heterocycles. The van der Waals surface area contributed by atoms with E-state index in [4.69, 9.17) is 5.73 Å². The van der Waals surface area contributed by atoms with Crippen LogP contribution in [0.15, 0.2) is 18.2 Å². The molecule has 100 valence electrons. The third kappa shape index (κ3) is 2.33. The third-order valence-corrected chi connectivity index (χ3v) is 3.76. The molecule has 0 amide bonds. The van der Waals surface area contributed by atoms with E-state index in [1.807, 2.05) is 0 Å². The molecule has 3 N–H and O–H groups in total. The van der Waals surface area contributed by atoms with E-state index < -0.39 is 0 Å². The molecule has 1 aromatic heterocycles. The van der Waals surface area contributed by atoms with Crippen molar-refractivity contribution >= 4 is 5.95 Å². The lowest BCUT2D eigenvalue weighted by atomic mass is 10.1. The molecule has 3 rings (SSSR count). The van der Waals surface area contributed by atoms with E-state index in [9.17, 15) is 0 Å². The van der Waals surface area contributed by atoms with Gasteiger partial charge in [-0.1, -0.05) is 12.1 Å². The van der Waals surface area contributed by atoms with E-state index in [1.54, 1.807) is 0 Å². The Balaban J connectivity index is 1.86. The first kappa shape index (κ1) is 12.2. The van der Waals surface area contributed by atoms with Crippen molar-refractivity contribution in [1.82, 2.24) is 15.2 Å². The van der Waals surface area contributed by atoms with Gasteiger partial charge in [-0.3, -0.25) is 5.10 Å². The van der Waals surface area contributed by atoms with Crippen molar-refractivity contribution in [3.63, 3.8) is 0 Å². The van der Waals surface area contributed by atoms with Crippen LogP contribution in [0, 0.1) is 13.8 Å². The molecule has 1 fully saturated rings. The first-order chi connectivity index (χ1) is 9.13. The molecule has 5 heteroatoms. The van der Waals surface area contributed by atoms with Gasteiger partial charge in [-0.15, -0.1) is 5.10 Å². The zero-order valence-corrected chi connectivity index (χ0v) is 11.3. The molecule has 2 aromatic rings. The van der Waals surface area contributed by atoms with Crippen LogP contribution in [0.5, 0.6) is 0 Å². The Labute approximate surface area is 112 Å². The normalized spacial score (nSPS) is 19.1. The Morgan fingerprint density at radius 3 is 2.84 bits per heavy atom. The highest BCUT2D eigenvalue weighted by molar-refractivity contribution is 5.58. The fourth-order valence-electron chi connectivity index (χ4n) is 2.38. The number of aryl methyl sites for hydroxylation is 2. The van der Waals surface area contributed by atoms with Crippen LogP contribution in [0.3, 0.4) is 0 Å². The Bertz CT molecular complexity index is 589. The van der Waals surface area contributed by atoms with Crippen molar-refractivity contribution < 1.29 is 0 Å². The van der Waals surface area contributed by atoms with Crippen molar-refractivity contribution in [3.8, 4) is 11.4 Å². The number of aromatic nitrogens is 3. The number of anilines is 1. The fourth-order valence-corrected chi connectivity index (χ4v) is 2.38. The SMILES string of the molecule is Cc1ccc(-c2nc(N3CCC(N)C3)n[nH]2)cc1C. The Hall–Kier alpha value is -1.88. The molecule has 0 spiro atoms. The van der Waals surface area contributed by atoms with Crippen LogP contribution in [0.1, 0.15) is 17.5 Å². The number of benzene rings is 1. The van der Waals surface area contributed by atoms with E-state index in [0.29, 0.717) is 0 Å². The monoisotopic (exact) mass is 257 g/mol. The lowest BCUT2D eigenvalue weighted by Gasteiger charge is -2.11. The molecule has 1 aliphatic rings.